The van der Waals surface area contributed by atoms with Crippen LogP contribution in [0.1, 0.15) is 13.8 Å². The Kier molecular flexibility index (Phi) is 5.76. The molecule has 0 spiro atoms. The first kappa shape index (κ1) is 13.8. The highest BCUT2D eigenvalue weighted by atomic mass is 35.5. The minimum atomic E-state index is -0.490. The van der Waals surface area contributed by atoms with E-state index >= 15 is 0 Å². The van der Waals surface area contributed by atoms with Crippen LogP contribution < -0.4 is 5.32 Å². The van der Waals surface area contributed by atoms with E-state index in [0.717, 1.165) is 5.23 Å². The van der Waals surface area contributed by atoms with E-state index in [1.807, 2.05) is 0 Å². The number of nitrogens with one attached hydrogen (secondary N) is 1. The van der Waals surface area contributed by atoms with Gasteiger partial charge in [-0.2, -0.15) is 0 Å². The molecule has 1 aromatic carbocycles. The van der Waals surface area contributed by atoms with Gasteiger partial charge >= 0.3 is 6.03 Å². The van der Waals surface area contributed by atoms with Gasteiger partial charge in [-0.05, 0) is 38.1 Å². The number of hydrogen-bond donors (Lipinski definition) is 1. The Balaban J connectivity index is 2.59. The number of hydrogen-bond acceptors (Lipinski definition) is 3. The van der Waals surface area contributed by atoms with Crippen LogP contribution in [-0.2, 0) is 9.68 Å². The fraction of sp³-hybridized carbons (Fsp3) is 0.364. The van der Waals surface area contributed by atoms with Crippen LogP contribution in [0.25, 0.3) is 0 Å². The summed E-state index contributed by atoms with van der Waals surface area (Å²) in [6, 6.07) is 6.26. The Morgan fingerprint density at radius 1 is 1.24 bits per heavy atom. The SMILES string of the molecule is CCON(OCC)C(=O)Nc1ccc(Cl)cc1. The van der Waals surface area contributed by atoms with Crippen LogP contribution in [0.3, 0.4) is 0 Å². The second-order valence-electron chi connectivity index (χ2n) is 3.03. The first-order valence-corrected chi connectivity index (χ1v) is 5.67. The van der Waals surface area contributed by atoms with Crippen LogP contribution in [-0.4, -0.2) is 24.5 Å². The molecule has 0 aliphatic heterocycles. The Morgan fingerprint density at radius 3 is 2.24 bits per heavy atom. The second-order valence-corrected chi connectivity index (χ2v) is 3.47. The summed E-state index contributed by atoms with van der Waals surface area (Å²) in [5, 5.41) is 4.05. The van der Waals surface area contributed by atoms with Crippen molar-refractivity contribution in [3.63, 3.8) is 0 Å². The summed E-state index contributed by atoms with van der Waals surface area (Å²) in [7, 11) is 0. The molecule has 0 saturated carbocycles. The van der Waals surface area contributed by atoms with Crippen molar-refractivity contribution in [2.24, 2.45) is 0 Å². The molecule has 1 aromatic rings. The molecule has 0 aliphatic carbocycles. The number of nitrogens with zero attached hydrogens (tertiary/aromatic N) is 1. The highest BCUT2D eigenvalue weighted by Gasteiger charge is 2.14. The molecule has 0 radical (unpaired) electrons. The number of amides is 2. The molecule has 17 heavy (non-hydrogen) atoms. The lowest BCUT2D eigenvalue weighted by molar-refractivity contribution is -0.320. The van der Waals surface area contributed by atoms with Gasteiger partial charge in [0.1, 0.15) is 0 Å². The molecule has 0 saturated heterocycles. The molecular formula is C11H15ClN2O3. The third-order valence-corrected chi connectivity index (χ3v) is 2.01. The van der Waals surface area contributed by atoms with E-state index < -0.39 is 6.03 Å². The number of carbonyl (C=O) groups excluding carboxylic acids is 1. The largest absolute Gasteiger partial charge is 0.371 e. The van der Waals surface area contributed by atoms with Gasteiger partial charge in [-0.15, -0.1) is 0 Å². The van der Waals surface area contributed by atoms with E-state index in [1.165, 1.54) is 0 Å². The van der Waals surface area contributed by atoms with Gasteiger partial charge in [-0.1, -0.05) is 16.8 Å². The minimum absolute atomic E-state index is 0.341. The number of halogens is 1. The van der Waals surface area contributed by atoms with E-state index in [2.05, 4.69) is 5.32 Å². The second kappa shape index (κ2) is 7.11. The minimum Gasteiger partial charge on any atom is -0.304 e. The molecule has 5 nitrogen and oxygen atoms in total. The van der Waals surface area contributed by atoms with Crippen LogP contribution in [0, 0.1) is 0 Å². The summed E-state index contributed by atoms with van der Waals surface area (Å²) in [4.78, 5) is 21.7. The Morgan fingerprint density at radius 2 is 1.76 bits per heavy atom. The smallest absolute Gasteiger partial charge is 0.304 e. The van der Waals surface area contributed by atoms with Gasteiger partial charge < -0.3 is 5.32 Å². The van der Waals surface area contributed by atoms with Crippen molar-refractivity contribution in [3.05, 3.63) is 29.3 Å². The normalized spacial score (nSPS) is 10.1. The van der Waals surface area contributed by atoms with Crippen molar-refractivity contribution in [2.45, 2.75) is 13.8 Å². The first-order valence-electron chi connectivity index (χ1n) is 5.29. The molecule has 0 fully saturated rings. The monoisotopic (exact) mass is 258 g/mol. The molecule has 0 unspecified atom stereocenters. The van der Waals surface area contributed by atoms with Crippen molar-refractivity contribution in [2.75, 3.05) is 18.5 Å². The fourth-order valence-corrected chi connectivity index (χ4v) is 1.22. The van der Waals surface area contributed by atoms with Crippen molar-refractivity contribution in [3.8, 4) is 0 Å². The third kappa shape index (κ3) is 4.60. The highest BCUT2D eigenvalue weighted by molar-refractivity contribution is 6.30. The quantitative estimate of drug-likeness (QED) is 0.826. The zero-order chi connectivity index (χ0) is 12.7. The van der Waals surface area contributed by atoms with Crippen LogP contribution in [0.15, 0.2) is 24.3 Å². The Bertz CT molecular complexity index is 350. The van der Waals surface area contributed by atoms with E-state index in [1.54, 1.807) is 38.1 Å². The molecule has 1 rings (SSSR count). The number of carbonyl (C=O) groups is 1. The molecule has 0 bridgehead atoms. The van der Waals surface area contributed by atoms with Gasteiger partial charge in [0, 0.05) is 10.7 Å². The van der Waals surface area contributed by atoms with Gasteiger partial charge in [-0.3, -0.25) is 0 Å². The number of hydroxylamine groups is 2. The van der Waals surface area contributed by atoms with Gasteiger partial charge in [0.2, 0.25) is 0 Å². The predicted molar refractivity (Wildman–Crippen MR) is 65.6 cm³/mol. The van der Waals surface area contributed by atoms with Gasteiger partial charge in [-0.25, -0.2) is 14.5 Å². The van der Waals surface area contributed by atoms with E-state index in [-0.39, 0.29) is 0 Å². The summed E-state index contributed by atoms with van der Waals surface area (Å²) in [6.45, 7) is 4.21. The molecule has 2 amide bonds. The molecular weight excluding hydrogens is 244 g/mol. The lowest BCUT2D eigenvalue weighted by Crippen LogP contribution is -2.35. The summed E-state index contributed by atoms with van der Waals surface area (Å²) < 4.78 is 0. The fourth-order valence-electron chi connectivity index (χ4n) is 1.09. The van der Waals surface area contributed by atoms with Crippen molar-refractivity contribution in [1.82, 2.24) is 5.23 Å². The summed E-state index contributed by atoms with van der Waals surface area (Å²) in [5.74, 6) is 0. The molecule has 0 aliphatic rings. The number of rotatable bonds is 5. The number of anilines is 1. The highest BCUT2D eigenvalue weighted by Crippen LogP contribution is 2.14. The van der Waals surface area contributed by atoms with Crippen LogP contribution in [0.2, 0.25) is 5.02 Å². The molecule has 94 valence electrons. The van der Waals surface area contributed by atoms with E-state index in [4.69, 9.17) is 21.3 Å². The maximum Gasteiger partial charge on any atom is 0.371 e. The van der Waals surface area contributed by atoms with Crippen molar-refractivity contribution < 1.29 is 14.5 Å². The standard InChI is InChI=1S/C11H15ClN2O3/c1-3-16-14(17-4-2)11(15)13-10-7-5-9(12)6-8-10/h5-8H,3-4H2,1-2H3,(H,13,15). The molecule has 0 aromatic heterocycles. The molecule has 1 N–H and O–H groups in total. The summed E-state index contributed by atoms with van der Waals surface area (Å²) >= 11 is 5.74. The van der Waals surface area contributed by atoms with E-state index in [0.29, 0.717) is 23.9 Å². The molecule has 0 atom stereocenters. The predicted octanol–water partition coefficient (Wildman–Crippen LogP) is 3.08. The lowest BCUT2D eigenvalue weighted by atomic mass is 10.3. The summed E-state index contributed by atoms with van der Waals surface area (Å²) in [6.07, 6.45) is 0. The van der Waals surface area contributed by atoms with E-state index in [9.17, 15) is 4.79 Å². The number of benzene rings is 1. The van der Waals surface area contributed by atoms with Gasteiger partial charge in [0.15, 0.2) is 0 Å². The van der Waals surface area contributed by atoms with Crippen LogP contribution in [0.5, 0.6) is 0 Å². The third-order valence-electron chi connectivity index (χ3n) is 1.75. The zero-order valence-electron chi connectivity index (χ0n) is 9.77. The van der Waals surface area contributed by atoms with Crippen molar-refractivity contribution in [1.29, 1.82) is 0 Å². The maximum atomic E-state index is 11.7. The van der Waals surface area contributed by atoms with Crippen LogP contribution in [0.4, 0.5) is 10.5 Å². The Labute approximate surface area is 105 Å². The zero-order valence-corrected chi connectivity index (χ0v) is 10.5. The Hall–Kier alpha value is -1.30. The average molecular weight is 259 g/mol. The van der Waals surface area contributed by atoms with Crippen molar-refractivity contribution >= 4 is 23.3 Å². The molecule has 6 heteroatoms. The summed E-state index contributed by atoms with van der Waals surface area (Å²) in [5.41, 5.74) is 0.615. The number of urea groups is 1. The first-order chi connectivity index (χ1) is 8.17. The van der Waals surface area contributed by atoms with Gasteiger partial charge in [0.05, 0.1) is 13.2 Å². The van der Waals surface area contributed by atoms with Crippen LogP contribution >= 0.6 is 11.6 Å². The lowest BCUT2D eigenvalue weighted by Gasteiger charge is -2.19. The maximum absolute atomic E-state index is 11.7. The van der Waals surface area contributed by atoms with Gasteiger partial charge in [0.25, 0.3) is 0 Å². The molecule has 0 heterocycles. The topological polar surface area (TPSA) is 50.8 Å². The average Bonchev–Trinajstić information content (AvgIpc) is 2.32.